The number of esters is 1. The Balaban J connectivity index is 1.51. The van der Waals surface area contributed by atoms with Gasteiger partial charge in [0, 0.05) is 47.6 Å². The Morgan fingerprint density at radius 2 is 1.87 bits per heavy atom. The van der Waals surface area contributed by atoms with E-state index in [4.69, 9.17) is 14.5 Å². The van der Waals surface area contributed by atoms with Crippen molar-refractivity contribution in [1.29, 1.82) is 0 Å². The van der Waals surface area contributed by atoms with Gasteiger partial charge >= 0.3 is 12.1 Å². The van der Waals surface area contributed by atoms with Crippen molar-refractivity contribution in [1.82, 2.24) is 25.3 Å². The summed E-state index contributed by atoms with van der Waals surface area (Å²) in [5, 5.41) is 5.42. The zero-order valence-corrected chi connectivity index (χ0v) is 31.8. The summed E-state index contributed by atoms with van der Waals surface area (Å²) in [6.07, 6.45) is 3.22. The minimum atomic E-state index is -0.935. The maximum atomic E-state index is 14.1. The fourth-order valence-electron chi connectivity index (χ4n) is 7.46. The SMILES string of the molecule is CCn1c(-c2cccnc2C(C)C)c2c3cc(ccc31)-c1cccc(c1)C[C@H](NC(=O)OC(C)(C)C)C(=O)N1CCC[C@H](N1)C(=O)OCC(C)(C)C2. The van der Waals surface area contributed by atoms with Crippen LogP contribution in [0.1, 0.15) is 91.0 Å². The lowest BCUT2D eigenvalue weighted by Crippen LogP contribution is -2.60. The predicted octanol–water partition coefficient (Wildman–Crippen LogP) is 7.57. The lowest BCUT2D eigenvalue weighted by Gasteiger charge is -2.35. The van der Waals surface area contributed by atoms with E-state index in [0.717, 1.165) is 51.1 Å². The molecule has 1 fully saturated rings. The zero-order chi connectivity index (χ0) is 37.4. The van der Waals surface area contributed by atoms with Gasteiger partial charge < -0.3 is 19.4 Å². The number of hydrogen-bond donors (Lipinski definition) is 2. The Morgan fingerprint density at radius 3 is 2.60 bits per heavy atom. The quantitative estimate of drug-likeness (QED) is 0.210. The van der Waals surface area contributed by atoms with Crippen LogP contribution in [0.3, 0.4) is 0 Å². The lowest BCUT2D eigenvalue weighted by molar-refractivity contribution is -0.155. The number of rotatable bonds is 4. The van der Waals surface area contributed by atoms with Gasteiger partial charge in [-0.3, -0.25) is 19.6 Å². The highest BCUT2D eigenvalue weighted by Crippen LogP contribution is 2.41. The molecule has 276 valence electrons. The third-order valence-corrected chi connectivity index (χ3v) is 9.81. The Kier molecular flexibility index (Phi) is 10.5. The van der Waals surface area contributed by atoms with Crippen LogP contribution in [0, 0.1) is 5.41 Å². The normalized spacial score (nSPS) is 19.7. The molecular formula is C42H53N5O5. The van der Waals surface area contributed by atoms with Gasteiger partial charge in [-0.15, -0.1) is 0 Å². The van der Waals surface area contributed by atoms with Crippen LogP contribution in [-0.4, -0.2) is 63.4 Å². The molecule has 4 aromatic rings. The smallest absolute Gasteiger partial charge is 0.408 e. The largest absolute Gasteiger partial charge is 0.464 e. The van der Waals surface area contributed by atoms with Crippen molar-refractivity contribution in [2.24, 2.45) is 5.41 Å². The number of benzene rings is 2. The van der Waals surface area contributed by atoms with E-state index in [1.54, 1.807) is 20.8 Å². The molecule has 0 unspecified atom stereocenters. The van der Waals surface area contributed by atoms with E-state index in [0.29, 0.717) is 25.8 Å². The summed E-state index contributed by atoms with van der Waals surface area (Å²) in [5.41, 5.74) is 10.5. The highest BCUT2D eigenvalue weighted by Gasteiger charge is 2.35. The van der Waals surface area contributed by atoms with Crippen molar-refractivity contribution < 1.29 is 23.9 Å². The number of nitrogens with one attached hydrogen (secondary N) is 2. The van der Waals surface area contributed by atoms with Crippen molar-refractivity contribution in [3.05, 3.63) is 77.6 Å². The fraction of sp³-hybridized carbons (Fsp3) is 0.476. The first-order valence-corrected chi connectivity index (χ1v) is 18.6. The molecule has 0 radical (unpaired) electrons. The molecular weight excluding hydrogens is 654 g/mol. The molecule has 10 heteroatoms. The molecule has 4 heterocycles. The number of hydrogen-bond acceptors (Lipinski definition) is 7. The first-order chi connectivity index (χ1) is 24.6. The first-order valence-electron chi connectivity index (χ1n) is 18.6. The van der Waals surface area contributed by atoms with Crippen LogP contribution in [-0.2, 0) is 38.4 Å². The molecule has 0 aliphatic carbocycles. The number of fused-ring (bicyclic) bond motifs is 6. The number of pyridine rings is 1. The Bertz CT molecular complexity index is 1970. The topological polar surface area (TPSA) is 115 Å². The average molecular weight is 708 g/mol. The van der Waals surface area contributed by atoms with E-state index in [1.807, 2.05) is 24.4 Å². The highest BCUT2D eigenvalue weighted by molar-refractivity contribution is 5.95. The van der Waals surface area contributed by atoms with E-state index < -0.39 is 35.2 Å². The minimum Gasteiger partial charge on any atom is -0.464 e. The maximum Gasteiger partial charge on any atom is 0.408 e. The molecule has 0 saturated carbocycles. The molecule has 2 N–H and O–H groups in total. The van der Waals surface area contributed by atoms with E-state index in [9.17, 15) is 14.4 Å². The molecule has 2 amide bonds. The van der Waals surface area contributed by atoms with Crippen molar-refractivity contribution in [3.8, 4) is 22.4 Å². The van der Waals surface area contributed by atoms with E-state index in [1.165, 1.54) is 10.6 Å². The highest BCUT2D eigenvalue weighted by atomic mass is 16.6. The lowest BCUT2D eigenvalue weighted by atomic mass is 9.83. The van der Waals surface area contributed by atoms with Gasteiger partial charge in [-0.05, 0) is 99.4 Å². The molecule has 2 atom stereocenters. The van der Waals surface area contributed by atoms with Gasteiger partial charge in [0.1, 0.15) is 17.7 Å². The summed E-state index contributed by atoms with van der Waals surface area (Å²) in [6.45, 7) is 17.5. The number of amides is 2. The molecule has 1 saturated heterocycles. The van der Waals surface area contributed by atoms with Crippen LogP contribution in [0.4, 0.5) is 4.79 Å². The average Bonchev–Trinajstić information content (AvgIpc) is 3.40. The second-order valence-corrected chi connectivity index (χ2v) is 16.3. The summed E-state index contributed by atoms with van der Waals surface area (Å²) in [6, 6.07) is 17.3. The standard InChI is InChI=1S/C42H53N5O5/c1-9-46-35-18-17-29-23-31(35)32(37(46)30-15-11-19-43-36(30)26(2)3)24-42(7,8)25-51-39(49)33-16-12-20-47(45-33)38(48)34(44-40(50)52-41(4,5)6)22-27-13-10-14-28(29)21-27/h10-11,13-15,17-19,21,23,26,33-34,45H,9,12,16,20,22,24-25H2,1-8H3,(H,44,50)/t33-,34-/m0/s1. The second kappa shape index (κ2) is 14.7. The van der Waals surface area contributed by atoms with Crippen LogP contribution < -0.4 is 10.7 Å². The fourth-order valence-corrected chi connectivity index (χ4v) is 7.46. The van der Waals surface area contributed by atoms with Gasteiger partial charge in [-0.1, -0.05) is 58.0 Å². The van der Waals surface area contributed by atoms with Crippen LogP contribution in [0.25, 0.3) is 33.3 Å². The minimum absolute atomic E-state index is 0.199. The molecule has 10 nitrogen and oxygen atoms in total. The Labute approximate surface area is 307 Å². The Morgan fingerprint density at radius 1 is 1.10 bits per heavy atom. The van der Waals surface area contributed by atoms with E-state index >= 15 is 0 Å². The Hall–Kier alpha value is -4.70. The van der Waals surface area contributed by atoms with Crippen LogP contribution in [0.5, 0.6) is 0 Å². The summed E-state index contributed by atoms with van der Waals surface area (Å²) in [4.78, 5) is 45.6. The molecule has 0 spiro atoms. The number of ether oxygens (including phenoxy) is 2. The summed E-state index contributed by atoms with van der Waals surface area (Å²) < 4.78 is 14.0. The number of hydrazine groups is 1. The van der Waals surface area contributed by atoms with Gasteiger partial charge in [0.05, 0.1) is 18.0 Å². The molecule has 2 aromatic heterocycles. The molecule has 2 aliphatic rings. The van der Waals surface area contributed by atoms with Crippen molar-refractivity contribution in [2.45, 2.75) is 111 Å². The van der Waals surface area contributed by atoms with Crippen molar-refractivity contribution in [3.63, 3.8) is 0 Å². The van der Waals surface area contributed by atoms with E-state index in [2.05, 4.69) is 86.3 Å². The van der Waals surface area contributed by atoms with E-state index in [-0.39, 0.29) is 24.9 Å². The summed E-state index contributed by atoms with van der Waals surface area (Å²) >= 11 is 0. The number of aromatic nitrogens is 2. The molecule has 52 heavy (non-hydrogen) atoms. The summed E-state index contributed by atoms with van der Waals surface area (Å²) in [7, 11) is 0. The summed E-state index contributed by atoms with van der Waals surface area (Å²) in [5.74, 6) is -0.518. The van der Waals surface area contributed by atoms with Gasteiger partial charge in [-0.25, -0.2) is 10.2 Å². The van der Waals surface area contributed by atoms with Crippen LogP contribution in [0.2, 0.25) is 0 Å². The first kappa shape index (κ1) is 37.1. The van der Waals surface area contributed by atoms with Crippen LogP contribution in [0.15, 0.2) is 60.8 Å². The maximum absolute atomic E-state index is 14.1. The third kappa shape index (κ3) is 8.02. The number of cyclic esters (lactones) is 1. The van der Waals surface area contributed by atoms with Gasteiger partial charge in [-0.2, -0.15) is 0 Å². The monoisotopic (exact) mass is 707 g/mol. The van der Waals surface area contributed by atoms with Gasteiger partial charge in [0.25, 0.3) is 5.91 Å². The van der Waals surface area contributed by atoms with Crippen molar-refractivity contribution >= 4 is 28.9 Å². The molecule has 2 aromatic carbocycles. The zero-order valence-electron chi connectivity index (χ0n) is 31.8. The van der Waals surface area contributed by atoms with Crippen LogP contribution >= 0.6 is 0 Å². The number of nitrogens with zero attached hydrogens (tertiary/aromatic N) is 3. The number of carbonyl (C=O) groups excluding carboxylic acids is 3. The third-order valence-electron chi connectivity index (χ3n) is 9.81. The molecule has 2 aliphatic heterocycles. The predicted molar refractivity (Wildman–Crippen MR) is 204 cm³/mol. The van der Waals surface area contributed by atoms with Gasteiger partial charge in [0.15, 0.2) is 0 Å². The second-order valence-electron chi connectivity index (χ2n) is 16.3. The molecule has 6 bridgehead atoms. The van der Waals surface area contributed by atoms with Crippen molar-refractivity contribution in [2.75, 3.05) is 13.2 Å². The van der Waals surface area contributed by atoms with Gasteiger partial charge in [0.2, 0.25) is 0 Å². The number of aryl methyl sites for hydroxylation is 1. The molecule has 6 rings (SSSR count). The number of alkyl carbamates (subject to hydrolysis) is 1. The number of carbonyl (C=O) groups is 3.